The molecule has 1 unspecified atom stereocenters. The molecule has 94 valence electrons. The number of likely N-dealkylation sites (tertiary alicyclic amines) is 1. The molecule has 1 atom stereocenters. The van der Waals surface area contributed by atoms with Gasteiger partial charge in [-0.2, -0.15) is 5.26 Å². The second-order valence-electron chi connectivity index (χ2n) is 4.35. The molecule has 0 radical (unpaired) electrons. The van der Waals surface area contributed by atoms with Gasteiger partial charge >= 0.3 is 6.03 Å². The van der Waals surface area contributed by atoms with Gasteiger partial charge < -0.3 is 10.2 Å². The molecule has 1 aromatic carbocycles. The van der Waals surface area contributed by atoms with E-state index in [9.17, 15) is 9.18 Å². The van der Waals surface area contributed by atoms with Crippen molar-refractivity contribution in [1.82, 2.24) is 4.90 Å². The van der Waals surface area contributed by atoms with Crippen LogP contribution in [0.3, 0.4) is 0 Å². The predicted molar refractivity (Wildman–Crippen MR) is 65.3 cm³/mol. The minimum atomic E-state index is -0.337. The number of nitrogens with zero attached hydrogens (tertiary/aromatic N) is 2. The maximum absolute atomic E-state index is 12.7. The molecular weight excluding hydrogens is 233 g/mol. The van der Waals surface area contributed by atoms with Gasteiger partial charge in [0.2, 0.25) is 0 Å². The Kier molecular flexibility index (Phi) is 3.78. The van der Waals surface area contributed by atoms with Crippen LogP contribution in [0.25, 0.3) is 0 Å². The van der Waals surface area contributed by atoms with E-state index < -0.39 is 0 Å². The first-order chi connectivity index (χ1) is 8.69. The standard InChI is InChI=1S/C13H14FN3O/c14-11-3-5-12(6-4-11)16-13(18)17-7-1-2-10(8-15)9-17/h3-6,10H,1-2,7,9H2,(H,16,18). The molecule has 1 fully saturated rings. The number of rotatable bonds is 1. The zero-order valence-corrected chi connectivity index (χ0v) is 9.90. The van der Waals surface area contributed by atoms with Crippen molar-refractivity contribution in [1.29, 1.82) is 5.26 Å². The molecule has 1 aromatic rings. The van der Waals surface area contributed by atoms with Crippen LogP contribution in [0.2, 0.25) is 0 Å². The Hall–Kier alpha value is -2.09. The van der Waals surface area contributed by atoms with E-state index in [1.165, 1.54) is 24.3 Å². The average Bonchev–Trinajstić information content (AvgIpc) is 2.41. The number of hydrogen-bond donors (Lipinski definition) is 1. The van der Waals surface area contributed by atoms with Gasteiger partial charge in [-0.3, -0.25) is 0 Å². The molecule has 1 aliphatic rings. The Labute approximate surface area is 105 Å². The predicted octanol–water partition coefficient (Wildman–Crippen LogP) is 2.59. The van der Waals surface area contributed by atoms with Crippen molar-refractivity contribution in [3.63, 3.8) is 0 Å². The summed E-state index contributed by atoms with van der Waals surface area (Å²) < 4.78 is 12.7. The highest BCUT2D eigenvalue weighted by molar-refractivity contribution is 5.89. The average molecular weight is 247 g/mol. The number of hydrogen-bond acceptors (Lipinski definition) is 2. The molecule has 1 N–H and O–H groups in total. The Balaban J connectivity index is 1.95. The largest absolute Gasteiger partial charge is 0.323 e. The molecule has 4 nitrogen and oxygen atoms in total. The van der Waals surface area contributed by atoms with Gasteiger partial charge in [-0.25, -0.2) is 9.18 Å². The normalized spacial score (nSPS) is 19.1. The van der Waals surface area contributed by atoms with Gasteiger partial charge in [0.15, 0.2) is 0 Å². The molecule has 1 heterocycles. The SMILES string of the molecule is N#CC1CCCN(C(=O)Nc2ccc(F)cc2)C1. The summed E-state index contributed by atoms with van der Waals surface area (Å²) in [5.74, 6) is -0.423. The lowest BCUT2D eigenvalue weighted by molar-refractivity contribution is 0.189. The fourth-order valence-electron chi connectivity index (χ4n) is 2.00. The highest BCUT2D eigenvalue weighted by Gasteiger charge is 2.23. The number of halogens is 1. The summed E-state index contributed by atoms with van der Waals surface area (Å²) in [6.07, 6.45) is 1.69. The van der Waals surface area contributed by atoms with Crippen LogP contribution in [-0.4, -0.2) is 24.0 Å². The van der Waals surface area contributed by atoms with Gasteiger partial charge in [-0.05, 0) is 37.1 Å². The van der Waals surface area contributed by atoms with E-state index in [1.807, 2.05) is 0 Å². The van der Waals surface area contributed by atoms with Gasteiger partial charge in [0.25, 0.3) is 0 Å². The molecule has 0 bridgehead atoms. The highest BCUT2D eigenvalue weighted by atomic mass is 19.1. The van der Waals surface area contributed by atoms with Gasteiger partial charge in [-0.15, -0.1) is 0 Å². The summed E-state index contributed by atoms with van der Waals surface area (Å²) in [5, 5.41) is 11.6. The van der Waals surface area contributed by atoms with Crippen LogP contribution >= 0.6 is 0 Å². The number of piperidine rings is 1. The molecule has 1 aliphatic heterocycles. The summed E-state index contributed by atoms with van der Waals surface area (Å²) in [5.41, 5.74) is 0.556. The van der Waals surface area contributed by atoms with E-state index in [0.29, 0.717) is 18.8 Å². The minimum absolute atomic E-state index is 0.0854. The van der Waals surface area contributed by atoms with Crippen LogP contribution in [0.1, 0.15) is 12.8 Å². The zero-order chi connectivity index (χ0) is 13.0. The van der Waals surface area contributed by atoms with Gasteiger partial charge in [0, 0.05) is 18.8 Å². The van der Waals surface area contributed by atoms with E-state index in [0.717, 1.165) is 12.8 Å². The van der Waals surface area contributed by atoms with Crippen LogP contribution in [0.4, 0.5) is 14.9 Å². The van der Waals surface area contributed by atoms with Crippen molar-refractivity contribution in [2.45, 2.75) is 12.8 Å². The number of carbonyl (C=O) groups is 1. The number of amides is 2. The van der Waals surface area contributed by atoms with Gasteiger partial charge in [0.05, 0.1) is 12.0 Å². The Bertz CT molecular complexity index is 466. The second-order valence-corrected chi connectivity index (χ2v) is 4.35. The summed E-state index contributed by atoms with van der Waals surface area (Å²) in [7, 11) is 0. The maximum atomic E-state index is 12.7. The number of nitrogens with one attached hydrogen (secondary N) is 1. The molecule has 0 aliphatic carbocycles. The van der Waals surface area contributed by atoms with Crippen LogP contribution in [0, 0.1) is 23.1 Å². The first-order valence-electron chi connectivity index (χ1n) is 5.90. The minimum Gasteiger partial charge on any atom is -0.323 e. The lowest BCUT2D eigenvalue weighted by Gasteiger charge is -2.29. The van der Waals surface area contributed by atoms with Crippen molar-refractivity contribution in [3.8, 4) is 6.07 Å². The Morgan fingerprint density at radius 2 is 2.17 bits per heavy atom. The molecule has 1 saturated heterocycles. The number of anilines is 1. The smallest absolute Gasteiger partial charge is 0.321 e. The van der Waals surface area contributed by atoms with Crippen molar-refractivity contribution in [2.75, 3.05) is 18.4 Å². The van der Waals surface area contributed by atoms with E-state index in [2.05, 4.69) is 11.4 Å². The first kappa shape index (κ1) is 12.4. The molecule has 2 amide bonds. The molecule has 5 heteroatoms. The number of nitriles is 1. The van der Waals surface area contributed by atoms with Crippen molar-refractivity contribution in [3.05, 3.63) is 30.1 Å². The fourth-order valence-corrected chi connectivity index (χ4v) is 2.00. The monoisotopic (exact) mass is 247 g/mol. The fraction of sp³-hybridized carbons (Fsp3) is 0.385. The second kappa shape index (κ2) is 5.50. The molecule has 2 rings (SSSR count). The maximum Gasteiger partial charge on any atom is 0.321 e. The summed E-state index contributed by atoms with van der Waals surface area (Å²) in [4.78, 5) is 13.6. The third kappa shape index (κ3) is 2.98. The molecule has 0 spiro atoms. The Morgan fingerprint density at radius 3 is 2.83 bits per heavy atom. The lowest BCUT2D eigenvalue weighted by Crippen LogP contribution is -2.42. The summed E-state index contributed by atoms with van der Waals surface area (Å²) >= 11 is 0. The summed E-state index contributed by atoms with van der Waals surface area (Å²) in [6.45, 7) is 1.12. The van der Waals surface area contributed by atoms with Crippen LogP contribution in [0.15, 0.2) is 24.3 Å². The van der Waals surface area contributed by atoms with Crippen LogP contribution in [0.5, 0.6) is 0 Å². The number of urea groups is 1. The van der Waals surface area contributed by atoms with E-state index in [4.69, 9.17) is 5.26 Å². The third-order valence-corrected chi connectivity index (χ3v) is 2.99. The third-order valence-electron chi connectivity index (χ3n) is 2.99. The molecule has 0 aromatic heterocycles. The van der Waals surface area contributed by atoms with Crippen LogP contribution in [-0.2, 0) is 0 Å². The van der Waals surface area contributed by atoms with E-state index in [1.54, 1.807) is 4.90 Å². The number of benzene rings is 1. The van der Waals surface area contributed by atoms with E-state index in [-0.39, 0.29) is 17.8 Å². The molecular formula is C13H14FN3O. The quantitative estimate of drug-likeness (QED) is 0.829. The summed E-state index contributed by atoms with van der Waals surface area (Å²) in [6, 6.07) is 7.57. The molecule has 18 heavy (non-hydrogen) atoms. The van der Waals surface area contributed by atoms with Crippen molar-refractivity contribution < 1.29 is 9.18 Å². The number of carbonyl (C=O) groups excluding carboxylic acids is 1. The van der Waals surface area contributed by atoms with Crippen LogP contribution < -0.4 is 5.32 Å². The first-order valence-corrected chi connectivity index (χ1v) is 5.90. The molecule has 0 saturated carbocycles. The van der Waals surface area contributed by atoms with Crippen molar-refractivity contribution >= 4 is 11.7 Å². The lowest BCUT2D eigenvalue weighted by atomic mass is 10.0. The van der Waals surface area contributed by atoms with E-state index >= 15 is 0 Å². The Morgan fingerprint density at radius 1 is 1.44 bits per heavy atom. The highest BCUT2D eigenvalue weighted by Crippen LogP contribution is 2.17. The van der Waals surface area contributed by atoms with Gasteiger partial charge in [0.1, 0.15) is 5.82 Å². The van der Waals surface area contributed by atoms with Crippen molar-refractivity contribution in [2.24, 2.45) is 5.92 Å². The topological polar surface area (TPSA) is 56.1 Å². The zero-order valence-electron chi connectivity index (χ0n) is 9.90. The van der Waals surface area contributed by atoms with Gasteiger partial charge in [-0.1, -0.05) is 0 Å².